The highest BCUT2D eigenvalue weighted by Crippen LogP contribution is 2.13. The summed E-state index contributed by atoms with van der Waals surface area (Å²) in [7, 11) is 0. The molecule has 1 rings (SSSR count). The molecule has 0 aliphatic carbocycles. The van der Waals surface area contributed by atoms with E-state index in [1.807, 2.05) is 43.3 Å². The van der Waals surface area contributed by atoms with Crippen molar-refractivity contribution in [3.63, 3.8) is 0 Å². The Morgan fingerprint density at radius 2 is 1.90 bits per heavy atom. The van der Waals surface area contributed by atoms with Gasteiger partial charge in [0.05, 0.1) is 19.1 Å². The van der Waals surface area contributed by atoms with Crippen molar-refractivity contribution < 1.29 is 5.11 Å². The molecule has 0 radical (unpaired) electrons. The van der Waals surface area contributed by atoms with Gasteiger partial charge in [0.15, 0.2) is 0 Å². The molecule has 164 valence electrons. The monoisotopic (exact) mass is 410 g/mol. The zero-order valence-corrected chi connectivity index (χ0v) is 18.9. The molecule has 0 amide bonds. The van der Waals surface area contributed by atoms with Crippen LogP contribution < -0.4 is 16.4 Å². The van der Waals surface area contributed by atoms with Gasteiger partial charge in [-0.05, 0) is 55.2 Å². The molecular formula is C25H38N4O. The predicted molar refractivity (Wildman–Crippen MR) is 127 cm³/mol. The van der Waals surface area contributed by atoms with Gasteiger partial charge in [-0.15, -0.1) is 0 Å². The quantitative estimate of drug-likeness (QED) is 0.399. The van der Waals surface area contributed by atoms with Gasteiger partial charge in [-0.2, -0.15) is 5.26 Å². The minimum atomic E-state index is 0.0623. The lowest BCUT2D eigenvalue weighted by atomic mass is 10.0. The topological polar surface area (TPSA) is 94.1 Å². The SMILES string of the molecule is C=C(/C=C(\NCCC)C(C)CC)NC(/C=C\N)=C/C.N#CCc1ccc(CO)cc1. The lowest BCUT2D eigenvalue weighted by Gasteiger charge is -2.17. The summed E-state index contributed by atoms with van der Waals surface area (Å²) < 4.78 is 0. The molecule has 0 saturated heterocycles. The van der Waals surface area contributed by atoms with Crippen molar-refractivity contribution >= 4 is 0 Å². The summed E-state index contributed by atoms with van der Waals surface area (Å²) in [5.74, 6) is 0.504. The summed E-state index contributed by atoms with van der Waals surface area (Å²) in [6.45, 7) is 13.6. The van der Waals surface area contributed by atoms with E-state index in [-0.39, 0.29) is 6.61 Å². The predicted octanol–water partition coefficient (Wildman–Crippen LogP) is 4.64. The first kappa shape index (κ1) is 27.0. The van der Waals surface area contributed by atoms with Crippen LogP contribution in [-0.4, -0.2) is 11.7 Å². The number of benzene rings is 1. The maximum atomic E-state index is 8.69. The fraction of sp³-hybridized carbons (Fsp3) is 0.400. The molecule has 0 spiro atoms. The van der Waals surface area contributed by atoms with E-state index in [4.69, 9.17) is 16.1 Å². The molecule has 0 aliphatic rings. The molecule has 5 heteroatoms. The molecule has 0 bridgehead atoms. The van der Waals surface area contributed by atoms with Crippen molar-refractivity contribution in [3.05, 3.63) is 83.5 Å². The summed E-state index contributed by atoms with van der Waals surface area (Å²) in [4.78, 5) is 0. The maximum absolute atomic E-state index is 8.69. The van der Waals surface area contributed by atoms with Gasteiger partial charge in [-0.1, -0.05) is 57.7 Å². The number of aliphatic hydroxyl groups is 1. The van der Waals surface area contributed by atoms with E-state index in [0.717, 1.165) is 41.9 Å². The standard InChI is InChI=1S/C16H29N3.C9H9NO/c1-6-11-18-16(13(4)7-2)12-14(5)19-15(8-3)9-10-17;10-6-5-8-1-3-9(7-11)4-2-8/h8-10,12-13,18-19H,5-7,11,17H2,1-4H3;1-4,11H,5,7H2/b10-9-,15-8+,16-12-;. The lowest BCUT2D eigenvalue weighted by Crippen LogP contribution is -2.21. The number of nitrogens with one attached hydrogen (secondary N) is 2. The fourth-order valence-electron chi connectivity index (χ4n) is 2.43. The summed E-state index contributed by atoms with van der Waals surface area (Å²) in [5, 5.41) is 23.7. The smallest absolute Gasteiger partial charge is 0.0681 e. The van der Waals surface area contributed by atoms with Crippen LogP contribution >= 0.6 is 0 Å². The largest absolute Gasteiger partial charge is 0.405 e. The van der Waals surface area contributed by atoms with Crippen LogP contribution in [0.15, 0.2) is 72.4 Å². The highest BCUT2D eigenvalue weighted by molar-refractivity contribution is 5.27. The summed E-state index contributed by atoms with van der Waals surface area (Å²) in [5.41, 5.74) is 10.3. The van der Waals surface area contributed by atoms with E-state index in [9.17, 15) is 0 Å². The highest BCUT2D eigenvalue weighted by atomic mass is 16.3. The molecule has 1 aromatic rings. The normalized spacial score (nSPS) is 12.5. The van der Waals surface area contributed by atoms with Crippen molar-refractivity contribution in [2.45, 2.75) is 53.6 Å². The average molecular weight is 411 g/mol. The van der Waals surface area contributed by atoms with Crippen LogP contribution in [0.2, 0.25) is 0 Å². The zero-order valence-electron chi connectivity index (χ0n) is 18.9. The molecule has 0 aliphatic heterocycles. The van der Waals surface area contributed by atoms with E-state index in [0.29, 0.717) is 12.3 Å². The Balaban J connectivity index is 0.000000642. The molecule has 1 aromatic carbocycles. The van der Waals surface area contributed by atoms with Crippen molar-refractivity contribution in [1.82, 2.24) is 10.6 Å². The first-order valence-electron chi connectivity index (χ1n) is 10.5. The van der Waals surface area contributed by atoms with Crippen molar-refractivity contribution in [3.8, 4) is 6.07 Å². The molecule has 0 fully saturated rings. The van der Waals surface area contributed by atoms with Crippen molar-refractivity contribution in [2.24, 2.45) is 11.7 Å². The number of rotatable bonds is 11. The number of allylic oxidation sites excluding steroid dienone is 4. The van der Waals surface area contributed by atoms with Crippen molar-refractivity contribution in [2.75, 3.05) is 6.54 Å². The molecular weight excluding hydrogens is 372 g/mol. The second-order valence-electron chi connectivity index (χ2n) is 6.90. The molecule has 30 heavy (non-hydrogen) atoms. The first-order valence-corrected chi connectivity index (χ1v) is 10.5. The maximum Gasteiger partial charge on any atom is 0.0681 e. The van der Waals surface area contributed by atoms with Gasteiger partial charge in [0, 0.05) is 23.6 Å². The minimum Gasteiger partial charge on any atom is -0.405 e. The summed E-state index contributed by atoms with van der Waals surface area (Å²) in [6, 6.07) is 9.42. The van der Waals surface area contributed by atoms with Crippen LogP contribution in [-0.2, 0) is 13.0 Å². The Labute approximate surface area is 182 Å². The van der Waals surface area contributed by atoms with Gasteiger partial charge >= 0.3 is 0 Å². The molecule has 0 heterocycles. The summed E-state index contributed by atoms with van der Waals surface area (Å²) in [6.07, 6.45) is 10.0. The average Bonchev–Trinajstić information content (AvgIpc) is 2.76. The lowest BCUT2D eigenvalue weighted by molar-refractivity contribution is 0.282. The van der Waals surface area contributed by atoms with E-state index in [1.165, 1.54) is 11.9 Å². The second-order valence-corrected chi connectivity index (χ2v) is 6.90. The number of hydrogen-bond acceptors (Lipinski definition) is 5. The summed E-state index contributed by atoms with van der Waals surface area (Å²) >= 11 is 0. The third-order valence-corrected chi connectivity index (χ3v) is 4.43. The van der Waals surface area contributed by atoms with Crippen LogP contribution in [0.4, 0.5) is 0 Å². The Morgan fingerprint density at radius 1 is 1.27 bits per heavy atom. The molecule has 5 nitrogen and oxygen atoms in total. The minimum absolute atomic E-state index is 0.0623. The molecule has 1 unspecified atom stereocenters. The molecule has 0 saturated carbocycles. The Hall–Kier alpha value is -2.97. The van der Waals surface area contributed by atoms with Gasteiger partial charge < -0.3 is 21.5 Å². The van der Waals surface area contributed by atoms with Gasteiger partial charge in [0.2, 0.25) is 0 Å². The van der Waals surface area contributed by atoms with E-state index < -0.39 is 0 Å². The van der Waals surface area contributed by atoms with Crippen LogP contribution in [0.3, 0.4) is 0 Å². The van der Waals surface area contributed by atoms with E-state index in [2.05, 4.69) is 50.1 Å². The first-order chi connectivity index (χ1) is 14.4. The van der Waals surface area contributed by atoms with Gasteiger partial charge in [-0.3, -0.25) is 0 Å². The van der Waals surface area contributed by atoms with Gasteiger partial charge in [0.25, 0.3) is 0 Å². The third kappa shape index (κ3) is 11.8. The Morgan fingerprint density at radius 3 is 2.37 bits per heavy atom. The Bertz CT molecular complexity index is 739. The third-order valence-electron chi connectivity index (χ3n) is 4.43. The van der Waals surface area contributed by atoms with E-state index >= 15 is 0 Å². The van der Waals surface area contributed by atoms with Crippen LogP contribution in [0.25, 0.3) is 0 Å². The number of nitrogens with two attached hydrogens (primary N) is 1. The number of hydrogen-bond donors (Lipinski definition) is 4. The fourth-order valence-corrected chi connectivity index (χ4v) is 2.43. The van der Waals surface area contributed by atoms with Gasteiger partial charge in [0.1, 0.15) is 0 Å². The van der Waals surface area contributed by atoms with Gasteiger partial charge in [-0.25, -0.2) is 0 Å². The second kappa shape index (κ2) is 16.9. The van der Waals surface area contributed by atoms with Crippen LogP contribution in [0, 0.1) is 17.2 Å². The van der Waals surface area contributed by atoms with Crippen LogP contribution in [0.1, 0.15) is 51.7 Å². The molecule has 0 aromatic heterocycles. The number of nitriles is 1. The highest BCUT2D eigenvalue weighted by Gasteiger charge is 2.06. The number of aliphatic hydroxyl groups excluding tert-OH is 1. The van der Waals surface area contributed by atoms with Crippen molar-refractivity contribution in [1.29, 1.82) is 5.26 Å². The van der Waals surface area contributed by atoms with E-state index in [1.54, 1.807) is 0 Å². The Kier molecular flexibility index (Phi) is 15.3. The molecule has 5 N–H and O–H groups in total. The van der Waals surface area contributed by atoms with Crippen LogP contribution in [0.5, 0.6) is 0 Å². The molecule has 1 atom stereocenters. The number of nitrogens with zero attached hydrogens (tertiary/aromatic N) is 1. The zero-order chi connectivity index (χ0) is 22.8.